The lowest BCUT2D eigenvalue weighted by atomic mass is 10.6. The SMILES string of the molecule is N=C(N)/C=C(\N)I. The van der Waals surface area contributed by atoms with Crippen LogP contribution in [0.1, 0.15) is 0 Å². The highest BCUT2D eigenvalue weighted by Gasteiger charge is 1.78. The molecule has 3 nitrogen and oxygen atoms in total. The van der Waals surface area contributed by atoms with E-state index in [9.17, 15) is 0 Å². The van der Waals surface area contributed by atoms with Crippen molar-refractivity contribution in [1.82, 2.24) is 0 Å². The van der Waals surface area contributed by atoms with E-state index in [0.29, 0.717) is 3.70 Å². The number of amidine groups is 1. The molecule has 0 saturated carbocycles. The van der Waals surface area contributed by atoms with Crippen LogP contribution in [0.5, 0.6) is 0 Å². The highest BCUT2D eigenvalue weighted by atomic mass is 127. The fourth-order valence-corrected chi connectivity index (χ4v) is 0.484. The van der Waals surface area contributed by atoms with Crippen molar-refractivity contribution < 1.29 is 0 Å². The maximum atomic E-state index is 6.64. The predicted octanol–water partition coefficient (Wildman–Crippen LogP) is 0.157. The molecule has 0 aromatic heterocycles. The van der Waals surface area contributed by atoms with Gasteiger partial charge in [-0.3, -0.25) is 5.41 Å². The van der Waals surface area contributed by atoms with E-state index in [4.69, 9.17) is 16.9 Å². The van der Waals surface area contributed by atoms with E-state index in [2.05, 4.69) is 0 Å². The molecule has 0 aliphatic carbocycles. The first-order chi connectivity index (χ1) is 3.13. The summed E-state index contributed by atoms with van der Waals surface area (Å²) in [6.45, 7) is 0. The third-order valence-corrected chi connectivity index (χ3v) is 0.605. The summed E-state index contributed by atoms with van der Waals surface area (Å²) in [6.07, 6.45) is 1.38. The minimum absolute atomic E-state index is 0.00750. The van der Waals surface area contributed by atoms with Gasteiger partial charge in [-0.2, -0.15) is 0 Å². The zero-order valence-electron chi connectivity index (χ0n) is 3.61. The fraction of sp³-hybridized carbons (Fsp3) is 0. The van der Waals surface area contributed by atoms with E-state index in [1.807, 2.05) is 22.6 Å². The fourth-order valence-electron chi connectivity index (χ4n) is 0.149. The van der Waals surface area contributed by atoms with Gasteiger partial charge in [0.15, 0.2) is 0 Å². The van der Waals surface area contributed by atoms with Crippen LogP contribution in [-0.2, 0) is 0 Å². The molecule has 0 aromatic rings. The van der Waals surface area contributed by atoms with Crippen LogP contribution in [0.25, 0.3) is 0 Å². The van der Waals surface area contributed by atoms with Crippen molar-refractivity contribution in [2.75, 3.05) is 0 Å². The monoisotopic (exact) mass is 211 g/mol. The van der Waals surface area contributed by atoms with Crippen LogP contribution in [0.3, 0.4) is 0 Å². The van der Waals surface area contributed by atoms with Crippen LogP contribution in [0, 0.1) is 5.41 Å². The number of nitrogens with two attached hydrogens (primary N) is 2. The van der Waals surface area contributed by atoms with Gasteiger partial charge in [0.05, 0.1) is 3.70 Å². The Morgan fingerprint density at radius 1 is 1.57 bits per heavy atom. The summed E-state index contributed by atoms with van der Waals surface area (Å²) in [4.78, 5) is 0. The molecule has 0 aliphatic rings. The van der Waals surface area contributed by atoms with E-state index < -0.39 is 0 Å². The molecule has 0 unspecified atom stereocenters. The smallest absolute Gasteiger partial charge is 0.117 e. The van der Waals surface area contributed by atoms with Gasteiger partial charge in [0.25, 0.3) is 0 Å². The topological polar surface area (TPSA) is 75.9 Å². The minimum Gasteiger partial charge on any atom is -0.394 e. The van der Waals surface area contributed by atoms with Crippen molar-refractivity contribution in [1.29, 1.82) is 5.41 Å². The second-order valence-corrected chi connectivity index (χ2v) is 2.23. The Labute approximate surface area is 55.4 Å². The van der Waals surface area contributed by atoms with Crippen LogP contribution >= 0.6 is 22.6 Å². The standard InChI is InChI=1S/C3H6IN3/c4-2(5)1-3(6)7/h1H,5H2,(H3,6,7)/b2-1-. The summed E-state index contributed by atoms with van der Waals surface area (Å²) in [7, 11) is 0. The van der Waals surface area contributed by atoms with E-state index in [0.717, 1.165) is 0 Å². The number of nitrogens with one attached hydrogen (secondary N) is 1. The Morgan fingerprint density at radius 3 is 2.00 bits per heavy atom. The van der Waals surface area contributed by atoms with E-state index in [-0.39, 0.29) is 5.84 Å². The van der Waals surface area contributed by atoms with Gasteiger partial charge >= 0.3 is 0 Å². The molecule has 0 atom stereocenters. The molecular weight excluding hydrogens is 205 g/mol. The molecule has 0 aliphatic heterocycles. The summed E-state index contributed by atoms with van der Waals surface area (Å²) < 4.78 is 0.533. The summed E-state index contributed by atoms with van der Waals surface area (Å²) in [6, 6.07) is 0. The average Bonchev–Trinajstić information content (AvgIpc) is 1.27. The zero-order chi connectivity index (χ0) is 5.86. The molecule has 0 aromatic carbocycles. The molecule has 0 heterocycles. The lowest BCUT2D eigenvalue weighted by molar-refractivity contribution is 1.45. The number of halogens is 1. The highest BCUT2D eigenvalue weighted by molar-refractivity contribution is 14.1. The second kappa shape index (κ2) is 2.84. The second-order valence-electron chi connectivity index (χ2n) is 0.985. The largest absolute Gasteiger partial charge is 0.394 e. The van der Waals surface area contributed by atoms with Gasteiger partial charge in [0.2, 0.25) is 0 Å². The maximum Gasteiger partial charge on any atom is 0.117 e. The lowest BCUT2D eigenvalue weighted by Gasteiger charge is -1.83. The number of hydrogen-bond donors (Lipinski definition) is 3. The molecule has 0 rings (SSSR count). The number of hydrogen-bond acceptors (Lipinski definition) is 2. The van der Waals surface area contributed by atoms with Gasteiger partial charge in [-0.25, -0.2) is 0 Å². The molecule has 0 bridgehead atoms. The molecular formula is C3H6IN3. The molecule has 0 fully saturated rings. The summed E-state index contributed by atoms with van der Waals surface area (Å²) in [5.74, 6) is -0.00750. The Bertz CT molecular complexity index is 103. The first kappa shape index (κ1) is 6.74. The van der Waals surface area contributed by atoms with Crippen molar-refractivity contribution >= 4 is 28.4 Å². The molecule has 0 amide bonds. The Balaban J connectivity index is 3.68. The van der Waals surface area contributed by atoms with Crippen LogP contribution in [0.2, 0.25) is 0 Å². The first-order valence-corrected chi connectivity index (χ1v) is 2.67. The van der Waals surface area contributed by atoms with Gasteiger partial charge in [0.1, 0.15) is 5.84 Å². The molecule has 7 heavy (non-hydrogen) atoms. The highest BCUT2D eigenvalue weighted by Crippen LogP contribution is 1.92. The molecule has 0 radical (unpaired) electrons. The Morgan fingerprint density at radius 2 is 2.00 bits per heavy atom. The van der Waals surface area contributed by atoms with Gasteiger partial charge in [0, 0.05) is 6.08 Å². The third-order valence-electron chi connectivity index (χ3n) is 0.293. The Hall–Kier alpha value is -0.260. The van der Waals surface area contributed by atoms with Crippen molar-refractivity contribution in [2.24, 2.45) is 11.5 Å². The summed E-state index contributed by atoms with van der Waals surface area (Å²) >= 11 is 1.88. The van der Waals surface area contributed by atoms with Crippen molar-refractivity contribution in [3.8, 4) is 0 Å². The van der Waals surface area contributed by atoms with E-state index in [1.54, 1.807) is 0 Å². The molecule has 0 spiro atoms. The van der Waals surface area contributed by atoms with Crippen LogP contribution < -0.4 is 11.5 Å². The van der Waals surface area contributed by atoms with Crippen LogP contribution in [0.15, 0.2) is 9.78 Å². The van der Waals surface area contributed by atoms with Crippen molar-refractivity contribution in [3.05, 3.63) is 9.78 Å². The van der Waals surface area contributed by atoms with Crippen molar-refractivity contribution in [3.63, 3.8) is 0 Å². The van der Waals surface area contributed by atoms with Crippen molar-refractivity contribution in [2.45, 2.75) is 0 Å². The summed E-state index contributed by atoms with van der Waals surface area (Å²) in [5.41, 5.74) is 10.0. The summed E-state index contributed by atoms with van der Waals surface area (Å²) in [5, 5.41) is 6.64. The first-order valence-electron chi connectivity index (χ1n) is 1.59. The van der Waals surface area contributed by atoms with Gasteiger partial charge in [-0.05, 0) is 22.6 Å². The number of rotatable bonds is 1. The zero-order valence-corrected chi connectivity index (χ0v) is 5.77. The molecule has 5 N–H and O–H groups in total. The normalized spacial score (nSPS) is 11.3. The van der Waals surface area contributed by atoms with Crippen LogP contribution in [-0.4, -0.2) is 5.84 Å². The quantitative estimate of drug-likeness (QED) is 0.250. The molecule has 40 valence electrons. The average molecular weight is 211 g/mol. The lowest BCUT2D eigenvalue weighted by Crippen LogP contribution is -2.06. The molecule has 4 heteroatoms. The maximum absolute atomic E-state index is 6.64. The van der Waals surface area contributed by atoms with E-state index >= 15 is 0 Å². The van der Waals surface area contributed by atoms with Gasteiger partial charge in [-0.1, -0.05) is 0 Å². The van der Waals surface area contributed by atoms with E-state index in [1.165, 1.54) is 6.08 Å². The minimum atomic E-state index is -0.00750. The Kier molecular flexibility index (Phi) is 2.73. The van der Waals surface area contributed by atoms with Gasteiger partial charge in [-0.15, -0.1) is 0 Å². The van der Waals surface area contributed by atoms with Gasteiger partial charge < -0.3 is 11.5 Å². The molecule has 0 saturated heterocycles. The predicted molar refractivity (Wildman–Crippen MR) is 38.2 cm³/mol. The van der Waals surface area contributed by atoms with Crippen LogP contribution in [0.4, 0.5) is 0 Å². The third kappa shape index (κ3) is 5.74.